The zero-order chi connectivity index (χ0) is 25.6. The smallest absolute Gasteiger partial charge is 0.261 e. The summed E-state index contributed by atoms with van der Waals surface area (Å²) in [5.41, 5.74) is 3.42. The molecule has 0 aliphatic rings. The normalized spacial score (nSPS) is 11.9. The van der Waals surface area contributed by atoms with Crippen LogP contribution in [0.3, 0.4) is 0 Å². The Morgan fingerprint density at radius 1 is 0.886 bits per heavy atom. The average Bonchev–Trinajstić information content (AvgIpc) is 2.84. The van der Waals surface area contributed by atoms with Crippen molar-refractivity contribution in [1.82, 2.24) is 5.32 Å². The second-order valence-electron chi connectivity index (χ2n) is 8.07. The molecule has 0 spiro atoms. The van der Waals surface area contributed by atoms with Crippen molar-refractivity contribution in [2.24, 2.45) is 0 Å². The average molecular weight is 499 g/mol. The van der Waals surface area contributed by atoms with E-state index in [0.717, 1.165) is 16.7 Å². The van der Waals surface area contributed by atoms with E-state index in [1.165, 1.54) is 24.3 Å². The molecular formula is C26H30N2O6S. The zero-order valence-electron chi connectivity index (χ0n) is 20.4. The van der Waals surface area contributed by atoms with Gasteiger partial charge in [0, 0.05) is 5.69 Å². The Balaban J connectivity index is 1.56. The number of rotatable bonds is 10. The minimum Gasteiger partial charge on any atom is -0.493 e. The number of ether oxygens (including phenoxy) is 3. The van der Waals surface area contributed by atoms with E-state index in [1.54, 1.807) is 38.5 Å². The summed E-state index contributed by atoms with van der Waals surface area (Å²) in [5.74, 6) is 1.24. The van der Waals surface area contributed by atoms with E-state index in [0.29, 0.717) is 22.9 Å². The molecule has 3 aromatic carbocycles. The molecule has 1 amide bonds. The van der Waals surface area contributed by atoms with Gasteiger partial charge in [-0.05, 0) is 86.0 Å². The van der Waals surface area contributed by atoms with Crippen LogP contribution >= 0.6 is 0 Å². The Hall–Kier alpha value is -3.72. The lowest BCUT2D eigenvalue weighted by Crippen LogP contribution is -2.31. The van der Waals surface area contributed by atoms with E-state index in [1.807, 2.05) is 32.9 Å². The number of aryl methyl sites for hydroxylation is 2. The Morgan fingerprint density at radius 2 is 1.57 bits per heavy atom. The topological polar surface area (TPSA) is 103 Å². The van der Waals surface area contributed by atoms with Crippen LogP contribution in [0.2, 0.25) is 0 Å². The van der Waals surface area contributed by atoms with Gasteiger partial charge in [-0.25, -0.2) is 8.42 Å². The van der Waals surface area contributed by atoms with Crippen molar-refractivity contribution < 1.29 is 27.4 Å². The van der Waals surface area contributed by atoms with Crippen LogP contribution in [0.4, 0.5) is 5.69 Å². The maximum Gasteiger partial charge on any atom is 0.261 e. The van der Waals surface area contributed by atoms with Crippen molar-refractivity contribution >= 4 is 21.6 Å². The van der Waals surface area contributed by atoms with Gasteiger partial charge >= 0.3 is 0 Å². The summed E-state index contributed by atoms with van der Waals surface area (Å²) in [6.07, 6.45) is 0. The van der Waals surface area contributed by atoms with Crippen LogP contribution in [0.1, 0.15) is 29.7 Å². The van der Waals surface area contributed by atoms with Crippen molar-refractivity contribution in [3.05, 3.63) is 77.4 Å². The van der Waals surface area contributed by atoms with Crippen molar-refractivity contribution in [3.8, 4) is 17.2 Å². The van der Waals surface area contributed by atoms with Crippen molar-refractivity contribution in [1.29, 1.82) is 0 Å². The summed E-state index contributed by atoms with van der Waals surface area (Å²) in [5, 5.41) is 2.86. The lowest BCUT2D eigenvalue weighted by molar-refractivity contribution is -0.123. The molecule has 0 fully saturated rings. The molecule has 0 heterocycles. The molecule has 3 aromatic rings. The minimum absolute atomic E-state index is 0.0922. The zero-order valence-corrected chi connectivity index (χ0v) is 21.2. The maximum atomic E-state index is 12.7. The molecule has 8 nitrogen and oxygen atoms in total. The number of sulfonamides is 1. The number of methoxy groups -OCH3 is 2. The first-order chi connectivity index (χ1) is 16.6. The van der Waals surface area contributed by atoms with E-state index >= 15 is 0 Å². The highest BCUT2D eigenvalue weighted by Gasteiger charge is 2.16. The molecule has 9 heteroatoms. The van der Waals surface area contributed by atoms with E-state index < -0.39 is 10.0 Å². The third-order valence-electron chi connectivity index (χ3n) is 5.55. The molecule has 1 atom stereocenters. The van der Waals surface area contributed by atoms with Crippen molar-refractivity contribution in [2.45, 2.75) is 31.7 Å². The molecule has 0 radical (unpaired) electrons. The number of carbonyl (C=O) groups excluding carboxylic acids is 1. The predicted octanol–water partition coefficient (Wildman–Crippen LogP) is 4.38. The highest BCUT2D eigenvalue weighted by atomic mass is 32.2. The molecule has 0 saturated heterocycles. The van der Waals surface area contributed by atoms with E-state index in [-0.39, 0.29) is 23.5 Å². The molecule has 0 aliphatic heterocycles. The molecule has 0 aliphatic carbocycles. The van der Waals surface area contributed by atoms with Crippen LogP contribution < -0.4 is 24.2 Å². The fraction of sp³-hybridized carbons (Fsp3) is 0.269. The third-order valence-corrected chi connectivity index (χ3v) is 6.95. The van der Waals surface area contributed by atoms with Gasteiger partial charge in [-0.3, -0.25) is 9.52 Å². The summed E-state index contributed by atoms with van der Waals surface area (Å²) in [7, 11) is -0.643. The van der Waals surface area contributed by atoms with Crippen LogP contribution in [0.25, 0.3) is 0 Å². The Kier molecular flexibility index (Phi) is 8.24. The lowest BCUT2D eigenvalue weighted by Gasteiger charge is -2.17. The van der Waals surface area contributed by atoms with Crippen LogP contribution in [-0.2, 0) is 14.8 Å². The van der Waals surface area contributed by atoms with Crippen LogP contribution in [0.15, 0.2) is 65.6 Å². The van der Waals surface area contributed by atoms with Crippen molar-refractivity contribution in [3.63, 3.8) is 0 Å². The fourth-order valence-corrected chi connectivity index (χ4v) is 4.42. The van der Waals surface area contributed by atoms with Crippen molar-refractivity contribution in [2.75, 3.05) is 25.5 Å². The van der Waals surface area contributed by atoms with Gasteiger partial charge in [0.25, 0.3) is 15.9 Å². The van der Waals surface area contributed by atoms with Crippen LogP contribution in [0.5, 0.6) is 17.2 Å². The fourth-order valence-electron chi connectivity index (χ4n) is 3.37. The van der Waals surface area contributed by atoms with Gasteiger partial charge in [0.1, 0.15) is 5.75 Å². The number of amides is 1. The molecule has 0 bridgehead atoms. The predicted molar refractivity (Wildman–Crippen MR) is 135 cm³/mol. The molecule has 0 aromatic heterocycles. The highest BCUT2D eigenvalue weighted by molar-refractivity contribution is 7.92. The van der Waals surface area contributed by atoms with E-state index in [9.17, 15) is 13.2 Å². The number of anilines is 1. The SMILES string of the molecule is COc1ccc([C@@H](C)NC(=O)COc2ccc(S(=O)(=O)Nc3ccc(C)c(C)c3)cc2)cc1OC. The molecule has 0 saturated carbocycles. The number of carbonyl (C=O) groups is 1. The minimum atomic E-state index is -3.75. The third kappa shape index (κ3) is 6.66. The highest BCUT2D eigenvalue weighted by Crippen LogP contribution is 2.30. The molecule has 2 N–H and O–H groups in total. The largest absolute Gasteiger partial charge is 0.493 e. The molecular weight excluding hydrogens is 468 g/mol. The Morgan fingerprint density at radius 3 is 2.20 bits per heavy atom. The van der Waals surface area contributed by atoms with Gasteiger partial charge in [0.15, 0.2) is 18.1 Å². The Bertz CT molecular complexity index is 1290. The molecule has 0 unspecified atom stereocenters. The number of hydrogen-bond acceptors (Lipinski definition) is 6. The van der Waals surface area contributed by atoms with Gasteiger partial charge in [-0.15, -0.1) is 0 Å². The van der Waals surface area contributed by atoms with Crippen LogP contribution in [0, 0.1) is 13.8 Å². The second kappa shape index (κ2) is 11.1. The summed E-state index contributed by atoms with van der Waals surface area (Å²) in [4.78, 5) is 12.5. The number of hydrogen-bond donors (Lipinski definition) is 2. The van der Waals surface area contributed by atoms with Crippen LogP contribution in [-0.4, -0.2) is 35.2 Å². The first kappa shape index (κ1) is 25.9. The van der Waals surface area contributed by atoms with E-state index in [4.69, 9.17) is 14.2 Å². The van der Waals surface area contributed by atoms with Gasteiger partial charge in [-0.2, -0.15) is 0 Å². The van der Waals surface area contributed by atoms with Gasteiger partial charge in [0.2, 0.25) is 0 Å². The summed E-state index contributed by atoms with van der Waals surface area (Å²) in [6, 6.07) is 16.4. The summed E-state index contributed by atoms with van der Waals surface area (Å²) in [6.45, 7) is 5.51. The van der Waals surface area contributed by atoms with Gasteiger partial charge in [-0.1, -0.05) is 12.1 Å². The number of benzene rings is 3. The lowest BCUT2D eigenvalue weighted by atomic mass is 10.1. The first-order valence-electron chi connectivity index (χ1n) is 11.0. The molecule has 3 rings (SSSR count). The summed E-state index contributed by atoms with van der Waals surface area (Å²) >= 11 is 0. The molecule has 35 heavy (non-hydrogen) atoms. The molecule has 186 valence electrons. The monoisotopic (exact) mass is 498 g/mol. The Labute approximate surface area is 206 Å². The number of nitrogens with one attached hydrogen (secondary N) is 2. The van der Waals surface area contributed by atoms with Gasteiger partial charge < -0.3 is 19.5 Å². The second-order valence-corrected chi connectivity index (χ2v) is 9.75. The summed E-state index contributed by atoms with van der Waals surface area (Å²) < 4.78 is 44.0. The first-order valence-corrected chi connectivity index (χ1v) is 12.5. The maximum absolute atomic E-state index is 12.7. The quantitative estimate of drug-likeness (QED) is 0.430. The van der Waals surface area contributed by atoms with Gasteiger partial charge in [0.05, 0.1) is 25.2 Å². The van der Waals surface area contributed by atoms with E-state index in [2.05, 4.69) is 10.0 Å². The standard InChI is InChI=1S/C26H30N2O6S/c1-17-6-8-21(14-18(17)2)28-35(30,31)23-11-9-22(10-12-23)34-16-26(29)27-19(3)20-7-13-24(32-4)25(15-20)33-5/h6-15,19,28H,16H2,1-5H3,(H,27,29)/t19-/m1/s1.